The molecule has 0 aliphatic rings. The summed E-state index contributed by atoms with van der Waals surface area (Å²) in [6.07, 6.45) is 6.41. The van der Waals surface area contributed by atoms with Crippen molar-refractivity contribution in [3.8, 4) is 0 Å². The maximum Gasteiger partial charge on any atom is 0.160 e. The van der Waals surface area contributed by atoms with Crippen LogP contribution in [0.2, 0.25) is 15.1 Å². The Labute approximate surface area is 164 Å². The number of imidazole rings is 1. The Balaban J connectivity index is 1.83. The van der Waals surface area contributed by atoms with Crippen molar-refractivity contribution in [2.75, 3.05) is 0 Å². The minimum Gasteiger partial charge on any atom is -0.389 e. The van der Waals surface area contributed by atoms with Gasteiger partial charge < -0.3 is 9.40 Å². The van der Waals surface area contributed by atoms with Gasteiger partial charge >= 0.3 is 0 Å². The van der Waals surface area contributed by atoms with Crippen LogP contribution in [0.3, 0.4) is 0 Å². The quantitative estimate of drug-likeness (QED) is 0.422. The van der Waals surface area contributed by atoms with E-state index in [1.807, 2.05) is 0 Å². The van der Waals surface area contributed by atoms with Crippen molar-refractivity contribution in [3.63, 3.8) is 0 Å². The summed E-state index contributed by atoms with van der Waals surface area (Å²) in [5, 5.41) is 5.15. The van der Waals surface area contributed by atoms with Crippen molar-refractivity contribution < 1.29 is 9.23 Å². The molecule has 0 bridgehead atoms. The number of nitrogens with zero attached hydrogens (tertiary/aromatic N) is 4. The second-order valence-electron chi connectivity index (χ2n) is 5.25. The van der Waals surface area contributed by atoms with Crippen LogP contribution in [-0.2, 0) is 18.0 Å². The second-order valence-corrected chi connectivity index (χ2v) is 6.53. The smallest absolute Gasteiger partial charge is 0.160 e. The van der Waals surface area contributed by atoms with Gasteiger partial charge in [-0.1, -0.05) is 40.0 Å². The van der Waals surface area contributed by atoms with E-state index in [1.54, 1.807) is 41.5 Å². The Morgan fingerprint density at radius 2 is 2.04 bits per heavy atom. The first-order valence-electron chi connectivity index (χ1n) is 7.43. The third-order valence-electron chi connectivity index (χ3n) is 3.39. The molecule has 0 spiro atoms. The lowest BCUT2D eigenvalue weighted by Crippen LogP contribution is -2.13. The molecule has 1 aromatic carbocycles. The van der Waals surface area contributed by atoms with E-state index in [0.717, 1.165) is 0 Å². The van der Waals surface area contributed by atoms with E-state index in [-0.39, 0.29) is 18.7 Å². The monoisotopic (exact) mass is 412 g/mol. The van der Waals surface area contributed by atoms with Gasteiger partial charge in [0.1, 0.15) is 11.5 Å². The summed E-state index contributed by atoms with van der Waals surface area (Å²) in [6.45, 7) is 0.277. The van der Waals surface area contributed by atoms with E-state index in [4.69, 9.17) is 39.6 Å². The molecule has 0 saturated carbocycles. The van der Waals surface area contributed by atoms with Gasteiger partial charge in [-0.2, -0.15) is 0 Å². The van der Waals surface area contributed by atoms with E-state index in [9.17, 15) is 4.39 Å². The van der Waals surface area contributed by atoms with Crippen LogP contribution in [0.5, 0.6) is 0 Å². The van der Waals surface area contributed by atoms with Gasteiger partial charge in [-0.05, 0) is 24.3 Å². The summed E-state index contributed by atoms with van der Waals surface area (Å²) < 4.78 is 16.0. The number of aromatic nitrogens is 3. The Morgan fingerprint density at radius 3 is 2.73 bits per heavy atom. The minimum absolute atomic E-state index is 0.0125. The molecule has 0 aliphatic carbocycles. The van der Waals surface area contributed by atoms with Crippen molar-refractivity contribution >= 4 is 40.5 Å². The molecule has 0 radical (unpaired) electrons. The Kier molecular flexibility index (Phi) is 6.08. The molecule has 0 aliphatic heterocycles. The molecule has 5 nitrogen and oxygen atoms in total. The third kappa shape index (κ3) is 4.72. The van der Waals surface area contributed by atoms with Crippen molar-refractivity contribution in [1.29, 1.82) is 0 Å². The maximum absolute atomic E-state index is 14.3. The molecule has 134 valence electrons. The number of pyridine rings is 1. The molecule has 2 aromatic heterocycles. The van der Waals surface area contributed by atoms with Gasteiger partial charge in [0.05, 0.1) is 28.6 Å². The van der Waals surface area contributed by atoms with Gasteiger partial charge in [-0.3, -0.25) is 4.98 Å². The van der Waals surface area contributed by atoms with Crippen LogP contribution in [0.25, 0.3) is 0 Å². The van der Waals surface area contributed by atoms with Crippen LogP contribution in [0.15, 0.2) is 54.3 Å². The second kappa shape index (κ2) is 8.49. The summed E-state index contributed by atoms with van der Waals surface area (Å²) in [4.78, 5) is 13.4. The zero-order valence-corrected chi connectivity index (χ0v) is 15.5. The van der Waals surface area contributed by atoms with E-state index in [1.165, 1.54) is 12.3 Å². The zero-order chi connectivity index (χ0) is 18.5. The zero-order valence-electron chi connectivity index (χ0n) is 13.2. The number of rotatable bonds is 6. The van der Waals surface area contributed by atoms with Crippen LogP contribution >= 0.6 is 34.8 Å². The molecule has 0 N–H and O–H groups in total. The van der Waals surface area contributed by atoms with Crippen LogP contribution in [-0.4, -0.2) is 20.2 Å². The molecule has 0 unspecified atom stereocenters. The molecule has 0 atom stereocenters. The maximum atomic E-state index is 14.3. The molecular weight excluding hydrogens is 402 g/mol. The summed E-state index contributed by atoms with van der Waals surface area (Å²) in [5.41, 5.74) is 1.11. The predicted octanol–water partition coefficient (Wildman–Crippen LogP) is 5.00. The summed E-state index contributed by atoms with van der Waals surface area (Å²) >= 11 is 17.7. The van der Waals surface area contributed by atoms with Gasteiger partial charge in [0.25, 0.3) is 0 Å². The molecule has 3 rings (SSSR count). The molecule has 0 amide bonds. The van der Waals surface area contributed by atoms with Gasteiger partial charge in [0, 0.05) is 29.2 Å². The van der Waals surface area contributed by atoms with E-state index >= 15 is 0 Å². The molecule has 0 saturated heterocycles. The number of oxime groups is 1. The van der Waals surface area contributed by atoms with Gasteiger partial charge in [-0.25, -0.2) is 9.37 Å². The van der Waals surface area contributed by atoms with E-state index in [0.29, 0.717) is 26.5 Å². The average molecular weight is 414 g/mol. The lowest BCUT2D eigenvalue weighted by atomic mass is 10.1. The Morgan fingerprint density at radius 1 is 1.19 bits per heavy atom. The van der Waals surface area contributed by atoms with E-state index < -0.39 is 5.82 Å². The highest BCUT2D eigenvalue weighted by molar-refractivity contribution is 6.34. The highest BCUT2D eigenvalue weighted by atomic mass is 35.5. The minimum atomic E-state index is -0.498. The lowest BCUT2D eigenvalue weighted by Gasteiger charge is -2.10. The number of hydrogen-bond acceptors (Lipinski definition) is 4. The average Bonchev–Trinajstić information content (AvgIpc) is 3.09. The highest BCUT2D eigenvalue weighted by Crippen LogP contribution is 2.20. The number of halogens is 4. The lowest BCUT2D eigenvalue weighted by molar-refractivity contribution is 0.127. The fourth-order valence-corrected chi connectivity index (χ4v) is 2.75. The van der Waals surface area contributed by atoms with Crippen molar-refractivity contribution in [2.24, 2.45) is 5.16 Å². The Hall–Kier alpha value is -2.15. The van der Waals surface area contributed by atoms with Crippen LogP contribution in [0.1, 0.15) is 11.3 Å². The van der Waals surface area contributed by atoms with Gasteiger partial charge in [0.2, 0.25) is 0 Å². The normalized spacial score (nSPS) is 11.6. The molecule has 3 aromatic rings. The summed E-state index contributed by atoms with van der Waals surface area (Å²) in [5.74, 6) is -0.498. The van der Waals surface area contributed by atoms with Crippen LogP contribution < -0.4 is 0 Å². The molecule has 9 heteroatoms. The van der Waals surface area contributed by atoms with Crippen LogP contribution in [0.4, 0.5) is 4.39 Å². The third-order valence-corrected chi connectivity index (χ3v) is 4.16. The molecule has 26 heavy (non-hydrogen) atoms. The standard InChI is InChI=1S/C17H12Cl3FN4O/c18-11-1-2-13(15(21)6-11)16(8-25-4-3-22-10-25)24-26-9-17-14(20)5-12(19)7-23-17/h1-7,10H,8-9H2. The topological polar surface area (TPSA) is 52.3 Å². The number of hydrogen-bond donors (Lipinski definition) is 0. The summed E-state index contributed by atoms with van der Waals surface area (Å²) in [6, 6.07) is 5.91. The highest BCUT2D eigenvalue weighted by Gasteiger charge is 2.13. The van der Waals surface area contributed by atoms with Crippen molar-refractivity contribution in [2.45, 2.75) is 13.2 Å². The van der Waals surface area contributed by atoms with Gasteiger partial charge in [-0.15, -0.1) is 0 Å². The first kappa shape index (κ1) is 18.6. The number of benzene rings is 1. The fourth-order valence-electron chi connectivity index (χ4n) is 2.16. The molecule has 0 fully saturated rings. The first-order valence-corrected chi connectivity index (χ1v) is 8.56. The van der Waals surface area contributed by atoms with Gasteiger partial charge in [0.15, 0.2) is 6.61 Å². The summed E-state index contributed by atoms with van der Waals surface area (Å²) in [7, 11) is 0. The van der Waals surface area contributed by atoms with Crippen molar-refractivity contribution in [1.82, 2.24) is 14.5 Å². The van der Waals surface area contributed by atoms with Crippen LogP contribution in [0, 0.1) is 5.82 Å². The SMILES string of the molecule is Fc1cc(Cl)ccc1C(Cn1ccnc1)=NOCc1ncc(Cl)cc1Cl. The van der Waals surface area contributed by atoms with Crippen molar-refractivity contribution in [3.05, 3.63) is 81.3 Å². The first-order chi connectivity index (χ1) is 12.5. The van der Waals surface area contributed by atoms with E-state index in [2.05, 4.69) is 15.1 Å². The largest absolute Gasteiger partial charge is 0.389 e. The predicted molar refractivity (Wildman–Crippen MR) is 99.2 cm³/mol. The fraction of sp³-hybridized carbons (Fsp3) is 0.118. The molecular formula is C17H12Cl3FN4O. The Bertz CT molecular complexity index is 932. The molecule has 2 heterocycles.